The van der Waals surface area contributed by atoms with Gasteiger partial charge in [0.1, 0.15) is 5.69 Å². The molecule has 0 unspecified atom stereocenters. The van der Waals surface area contributed by atoms with Crippen LogP contribution in [-0.2, 0) is 9.53 Å². The van der Waals surface area contributed by atoms with Crippen molar-refractivity contribution in [3.05, 3.63) is 18.0 Å². The van der Waals surface area contributed by atoms with Gasteiger partial charge in [0, 0.05) is 19.3 Å². The van der Waals surface area contributed by atoms with Crippen LogP contribution in [0.3, 0.4) is 0 Å². The molecule has 6 heteroatoms. The van der Waals surface area contributed by atoms with Crippen LogP contribution >= 0.6 is 0 Å². The maximum atomic E-state index is 12.6. The van der Waals surface area contributed by atoms with Crippen molar-refractivity contribution >= 4 is 11.9 Å². The van der Waals surface area contributed by atoms with Crippen molar-refractivity contribution in [2.45, 2.75) is 51.5 Å². The van der Waals surface area contributed by atoms with Crippen LogP contribution in [0.25, 0.3) is 0 Å². The Morgan fingerprint density at radius 3 is 2.57 bits per heavy atom. The maximum Gasteiger partial charge on any atom is 0.309 e. The van der Waals surface area contributed by atoms with Gasteiger partial charge in [-0.1, -0.05) is 12.8 Å². The van der Waals surface area contributed by atoms with E-state index in [1.807, 2.05) is 23.9 Å². The van der Waals surface area contributed by atoms with Gasteiger partial charge < -0.3 is 9.64 Å². The van der Waals surface area contributed by atoms with Gasteiger partial charge in [-0.3, -0.25) is 14.3 Å². The second-order valence-electron chi connectivity index (χ2n) is 6.44. The fraction of sp³-hybridized carbons (Fsp3) is 0.706. The summed E-state index contributed by atoms with van der Waals surface area (Å²) in [4.78, 5) is 26.1. The summed E-state index contributed by atoms with van der Waals surface area (Å²) in [7, 11) is 0. The SMILES string of the molecule is CCOC(=O)C1CCN(C(=O)c2ccn(C3CCCC3)n2)CC1. The molecule has 2 aliphatic rings. The van der Waals surface area contributed by atoms with E-state index >= 15 is 0 Å². The first kappa shape index (κ1) is 16.0. The Hall–Kier alpha value is -1.85. The molecular weight excluding hydrogens is 294 g/mol. The molecule has 126 valence electrons. The summed E-state index contributed by atoms with van der Waals surface area (Å²) in [5.41, 5.74) is 0.520. The Morgan fingerprint density at radius 1 is 1.22 bits per heavy atom. The number of nitrogens with zero attached hydrogens (tertiary/aromatic N) is 3. The summed E-state index contributed by atoms with van der Waals surface area (Å²) in [5, 5.41) is 4.48. The molecule has 0 bridgehead atoms. The molecule has 1 amide bonds. The van der Waals surface area contributed by atoms with E-state index in [1.165, 1.54) is 12.8 Å². The van der Waals surface area contributed by atoms with Crippen molar-refractivity contribution in [2.24, 2.45) is 5.92 Å². The molecule has 0 N–H and O–H groups in total. The van der Waals surface area contributed by atoms with E-state index in [2.05, 4.69) is 5.10 Å². The van der Waals surface area contributed by atoms with E-state index in [4.69, 9.17) is 4.74 Å². The Labute approximate surface area is 136 Å². The summed E-state index contributed by atoms with van der Waals surface area (Å²) in [6.45, 7) is 3.42. The van der Waals surface area contributed by atoms with Crippen LogP contribution in [-0.4, -0.2) is 46.3 Å². The van der Waals surface area contributed by atoms with Crippen molar-refractivity contribution in [3.63, 3.8) is 0 Å². The van der Waals surface area contributed by atoms with Crippen LogP contribution in [0.15, 0.2) is 12.3 Å². The van der Waals surface area contributed by atoms with Gasteiger partial charge >= 0.3 is 5.97 Å². The predicted octanol–water partition coefficient (Wildman–Crippen LogP) is 2.41. The van der Waals surface area contributed by atoms with Crippen LogP contribution in [0.4, 0.5) is 0 Å². The maximum absolute atomic E-state index is 12.6. The molecule has 1 aromatic rings. The minimum absolute atomic E-state index is 0.0240. The van der Waals surface area contributed by atoms with Crippen molar-refractivity contribution in [1.82, 2.24) is 14.7 Å². The Kier molecular flexibility index (Phi) is 4.98. The van der Waals surface area contributed by atoms with Gasteiger partial charge in [-0.15, -0.1) is 0 Å². The molecule has 3 rings (SSSR count). The number of esters is 1. The summed E-state index contributed by atoms with van der Waals surface area (Å²) in [6.07, 6.45) is 8.07. The number of hydrogen-bond acceptors (Lipinski definition) is 4. The third-order valence-corrected chi connectivity index (χ3v) is 4.93. The number of amides is 1. The Bertz CT molecular complexity index is 555. The molecule has 1 saturated carbocycles. The number of carbonyl (C=O) groups excluding carboxylic acids is 2. The standard InChI is InChI=1S/C17H25N3O3/c1-2-23-17(22)13-7-10-19(11-8-13)16(21)15-9-12-20(18-15)14-5-3-4-6-14/h9,12-14H,2-8,10-11H2,1H3. The van der Waals surface area contributed by atoms with Crippen molar-refractivity contribution < 1.29 is 14.3 Å². The first-order valence-electron chi connectivity index (χ1n) is 8.70. The van der Waals surface area contributed by atoms with Crippen LogP contribution < -0.4 is 0 Å². The monoisotopic (exact) mass is 319 g/mol. The number of hydrogen-bond donors (Lipinski definition) is 0. The number of likely N-dealkylation sites (tertiary alicyclic amines) is 1. The molecule has 2 fully saturated rings. The molecule has 1 saturated heterocycles. The zero-order valence-electron chi connectivity index (χ0n) is 13.7. The smallest absolute Gasteiger partial charge is 0.309 e. The van der Waals surface area contributed by atoms with Crippen LogP contribution in [0, 0.1) is 5.92 Å². The zero-order chi connectivity index (χ0) is 16.2. The molecular formula is C17H25N3O3. The highest BCUT2D eigenvalue weighted by Crippen LogP contribution is 2.29. The van der Waals surface area contributed by atoms with Gasteiger partial charge in [-0.25, -0.2) is 0 Å². The van der Waals surface area contributed by atoms with E-state index in [0.29, 0.717) is 44.3 Å². The summed E-state index contributed by atoms with van der Waals surface area (Å²) in [6, 6.07) is 2.27. The Morgan fingerprint density at radius 2 is 1.91 bits per heavy atom. The number of carbonyl (C=O) groups is 2. The molecule has 6 nitrogen and oxygen atoms in total. The summed E-state index contributed by atoms with van der Waals surface area (Å²) >= 11 is 0. The highest BCUT2D eigenvalue weighted by molar-refractivity contribution is 5.92. The average Bonchev–Trinajstić information content (AvgIpc) is 3.25. The predicted molar refractivity (Wildman–Crippen MR) is 85.0 cm³/mol. The minimum atomic E-state index is -0.134. The lowest BCUT2D eigenvalue weighted by Crippen LogP contribution is -2.40. The first-order valence-corrected chi connectivity index (χ1v) is 8.70. The molecule has 1 aromatic heterocycles. The lowest BCUT2D eigenvalue weighted by atomic mass is 9.97. The van der Waals surface area contributed by atoms with Crippen molar-refractivity contribution in [3.8, 4) is 0 Å². The van der Waals surface area contributed by atoms with E-state index in [-0.39, 0.29) is 17.8 Å². The van der Waals surface area contributed by atoms with Crippen LogP contribution in [0.2, 0.25) is 0 Å². The summed E-state index contributed by atoms with van der Waals surface area (Å²) < 4.78 is 7.01. The fourth-order valence-electron chi connectivity index (χ4n) is 3.56. The molecule has 23 heavy (non-hydrogen) atoms. The number of ether oxygens (including phenoxy) is 1. The fourth-order valence-corrected chi connectivity index (χ4v) is 3.56. The van der Waals surface area contributed by atoms with Gasteiger partial charge in [0.15, 0.2) is 0 Å². The molecule has 0 radical (unpaired) electrons. The second-order valence-corrected chi connectivity index (χ2v) is 6.44. The van der Waals surface area contributed by atoms with Gasteiger partial charge in [0.25, 0.3) is 5.91 Å². The molecule has 0 aromatic carbocycles. The van der Waals surface area contributed by atoms with Crippen LogP contribution in [0.1, 0.15) is 62.0 Å². The minimum Gasteiger partial charge on any atom is -0.466 e. The zero-order valence-corrected chi connectivity index (χ0v) is 13.7. The molecule has 1 aliphatic heterocycles. The highest BCUT2D eigenvalue weighted by atomic mass is 16.5. The molecule has 1 aliphatic carbocycles. The van der Waals surface area contributed by atoms with E-state index in [9.17, 15) is 9.59 Å². The van der Waals surface area contributed by atoms with Gasteiger partial charge in [0.2, 0.25) is 0 Å². The van der Waals surface area contributed by atoms with Gasteiger partial charge in [-0.05, 0) is 38.7 Å². The summed E-state index contributed by atoms with van der Waals surface area (Å²) in [5.74, 6) is -0.232. The van der Waals surface area contributed by atoms with Crippen LogP contribution in [0.5, 0.6) is 0 Å². The lowest BCUT2D eigenvalue weighted by Gasteiger charge is -2.30. The van der Waals surface area contributed by atoms with E-state index in [0.717, 1.165) is 12.8 Å². The normalized spacial score (nSPS) is 20.0. The number of piperidine rings is 1. The van der Waals surface area contributed by atoms with E-state index < -0.39 is 0 Å². The first-order chi connectivity index (χ1) is 11.2. The quantitative estimate of drug-likeness (QED) is 0.800. The Balaban J connectivity index is 1.56. The van der Waals surface area contributed by atoms with Crippen molar-refractivity contribution in [2.75, 3.05) is 19.7 Å². The van der Waals surface area contributed by atoms with Gasteiger partial charge in [0.05, 0.1) is 18.6 Å². The molecule has 2 heterocycles. The highest BCUT2D eigenvalue weighted by Gasteiger charge is 2.29. The topological polar surface area (TPSA) is 64.4 Å². The lowest BCUT2D eigenvalue weighted by molar-refractivity contribution is -0.149. The molecule has 0 spiro atoms. The number of rotatable bonds is 4. The second kappa shape index (κ2) is 7.15. The average molecular weight is 319 g/mol. The van der Waals surface area contributed by atoms with Gasteiger partial charge in [-0.2, -0.15) is 5.10 Å². The molecule has 0 atom stereocenters. The third-order valence-electron chi connectivity index (χ3n) is 4.93. The third kappa shape index (κ3) is 3.57. The largest absolute Gasteiger partial charge is 0.466 e. The number of aromatic nitrogens is 2. The van der Waals surface area contributed by atoms with E-state index in [1.54, 1.807) is 4.90 Å². The van der Waals surface area contributed by atoms with Crippen molar-refractivity contribution in [1.29, 1.82) is 0 Å².